The highest BCUT2D eigenvalue weighted by Crippen LogP contribution is 2.11. The Bertz CT molecular complexity index is 290. The largest absolute Gasteiger partial charge is 0.313 e. The molecule has 0 saturated carbocycles. The molecule has 0 aromatic heterocycles. The molecule has 1 rings (SSSR count). The van der Waals surface area contributed by atoms with Gasteiger partial charge in [0.05, 0.1) is 5.75 Å². The van der Waals surface area contributed by atoms with Crippen LogP contribution in [0.5, 0.6) is 0 Å². The number of hydrogen-bond acceptors (Lipinski definition) is 3. The van der Waals surface area contributed by atoms with Gasteiger partial charge in [0.1, 0.15) is 0 Å². The summed E-state index contributed by atoms with van der Waals surface area (Å²) in [5, 5.41) is 3.38. The van der Waals surface area contributed by atoms with Gasteiger partial charge in [0.15, 0.2) is 0 Å². The van der Waals surface area contributed by atoms with Gasteiger partial charge in [-0.05, 0) is 19.8 Å². The lowest BCUT2D eigenvalue weighted by Crippen LogP contribution is -2.36. The van der Waals surface area contributed by atoms with Crippen LogP contribution in [0.3, 0.4) is 0 Å². The zero-order chi connectivity index (χ0) is 12.0. The van der Waals surface area contributed by atoms with Crippen molar-refractivity contribution in [3.05, 3.63) is 0 Å². The summed E-state index contributed by atoms with van der Waals surface area (Å²) < 4.78 is 24.6. The smallest absolute Gasteiger partial charge is 0.214 e. The Morgan fingerprint density at radius 3 is 2.75 bits per heavy atom. The molecule has 1 atom stereocenters. The predicted octanol–water partition coefficient (Wildman–Crippen LogP) is 1.19. The average molecular weight is 248 g/mol. The van der Waals surface area contributed by atoms with E-state index in [1.807, 2.05) is 0 Å². The van der Waals surface area contributed by atoms with Gasteiger partial charge in [-0.25, -0.2) is 12.7 Å². The van der Waals surface area contributed by atoms with E-state index in [0.717, 1.165) is 13.0 Å². The van der Waals surface area contributed by atoms with Crippen molar-refractivity contribution < 1.29 is 8.42 Å². The first-order chi connectivity index (χ1) is 7.56. The molecule has 0 aromatic carbocycles. The van der Waals surface area contributed by atoms with E-state index < -0.39 is 10.0 Å². The molecule has 1 aliphatic rings. The maximum atomic E-state index is 11.5. The first-order valence-electron chi connectivity index (χ1n) is 6.27. The molecule has 0 spiro atoms. The number of hydrogen-bond donors (Lipinski definition) is 1. The van der Waals surface area contributed by atoms with E-state index in [2.05, 4.69) is 19.2 Å². The first kappa shape index (κ1) is 13.9. The summed E-state index contributed by atoms with van der Waals surface area (Å²) in [5.41, 5.74) is 0. The molecule has 1 heterocycles. The van der Waals surface area contributed by atoms with Crippen LogP contribution in [-0.4, -0.2) is 44.2 Å². The molecule has 1 saturated heterocycles. The maximum Gasteiger partial charge on any atom is 0.214 e. The third kappa shape index (κ3) is 4.39. The fourth-order valence-corrected chi connectivity index (χ4v) is 3.52. The third-order valence-electron chi connectivity index (χ3n) is 3.05. The number of nitrogens with one attached hydrogen (secondary N) is 1. The molecule has 0 aromatic rings. The lowest BCUT2D eigenvalue weighted by molar-refractivity contribution is 0.410. The van der Waals surface area contributed by atoms with Gasteiger partial charge < -0.3 is 5.32 Å². The highest BCUT2D eigenvalue weighted by Gasteiger charge is 2.27. The zero-order valence-electron chi connectivity index (χ0n) is 10.4. The highest BCUT2D eigenvalue weighted by atomic mass is 32.2. The molecule has 0 aliphatic carbocycles. The van der Waals surface area contributed by atoms with E-state index in [4.69, 9.17) is 0 Å². The van der Waals surface area contributed by atoms with Crippen LogP contribution in [0.4, 0.5) is 0 Å². The minimum Gasteiger partial charge on any atom is -0.313 e. The Kier molecular flexibility index (Phi) is 5.72. The topological polar surface area (TPSA) is 49.4 Å². The van der Waals surface area contributed by atoms with Crippen LogP contribution in [0.1, 0.15) is 39.5 Å². The van der Waals surface area contributed by atoms with E-state index in [0.29, 0.717) is 24.9 Å². The Morgan fingerprint density at radius 2 is 2.19 bits per heavy atom. The summed E-state index contributed by atoms with van der Waals surface area (Å²) in [6.45, 7) is 6.44. The number of rotatable bonds is 7. The highest BCUT2D eigenvalue weighted by molar-refractivity contribution is 7.89. The van der Waals surface area contributed by atoms with Crippen molar-refractivity contribution >= 4 is 10.0 Å². The molecule has 96 valence electrons. The van der Waals surface area contributed by atoms with Gasteiger partial charge in [0.2, 0.25) is 10.0 Å². The second kappa shape index (κ2) is 6.57. The van der Waals surface area contributed by atoms with Gasteiger partial charge in [-0.15, -0.1) is 0 Å². The summed E-state index contributed by atoms with van der Waals surface area (Å²) in [7, 11) is -2.91. The van der Waals surface area contributed by atoms with Crippen LogP contribution < -0.4 is 5.32 Å². The van der Waals surface area contributed by atoms with Gasteiger partial charge in [-0.2, -0.15) is 0 Å². The number of unbranched alkanes of at least 4 members (excludes halogenated alkanes) is 1. The lowest BCUT2D eigenvalue weighted by atomic mass is 10.1. The van der Waals surface area contributed by atoms with Crippen molar-refractivity contribution in [1.29, 1.82) is 0 Å². The molecule has 0 amide bonds. The second-order valence-electron chi connectivity index (χ2n) is 4.57. The van der Waals surface area contributed by atoms with Crippen molar-refractivity contribution in [2.24, 2.45) is 0 Å². The van der Waals surface area contributed by atoms with Gasteiger partial charge in [-0.1, -0.05) is 19.8 Å². The molecule has 0 radical (unpaired) electrons. The SMILES string of the molecule is CCCCC(C)NCCN1CCCS1(=O)=O. The van der Waals surface area contributed by atoms with Crippen LogP contribution in [0.15, 0.2) is 0 Å². The fraction of sp³-hybridized carbons (Fsp3) is 1.00. The third-order valence-corrected chi connectivity index (χ3v) is 5.00. The van der Waals surface area contributed by atoms with E-state index in [1.165, 1.54) is 19.3 Å². The average Bonchev–Trinajstić information content (AvgIpc) is 2.55. The fourth-order valence-electron chi connectivity index (χ4n) is 1.99. The molecule has 1 N–H and O–H groups in total. The van der Waals surface area contributed by atoms with Gasteiger partial charge in [-0.3, -0.25) is 0 Å². The molecular formula is C11H24N2O2S. The normalized spacial score (nSPS) is 22.4. The Morgan fingerprint density at radius 1 is 1.44 bits per heavy atom. The summed E-state index contributed by atoms with van der Waals surface area (Å²) >= 11 is 0. The van der Waals surface area contributed by atoms with Crippen molar-refractivity contribution in [2.45, 2.75) is 45.6 Å². The predicted molar refractivity (Wildman–Crippen MR) is 67.0 cm³/mol. The number of sulfonamides is 1. The van der Waals surface area contributed by atoms with Crippen molar-refractivity contribution in [2.75, 3.05) is 25.4 Å². The summed E-state index contributed by atoms with van der Waals surface area (Å²) in [6, 6.07) is 0.491. The van der Waals surface area contributed by atoms with Crippen LogP contribution in [-0.2, 0) is 10.0 Å². The molecule has 0 bridgehead atoms. The molecule has 1 unspecified atom stereocenters. The first-order valence-corrected chi connectivity index (χ1v) is 7.88. The van der Waals surface area contributed by atoms with E-state index in [9.17, 15) is 8.42 Å². The van der Waals surface area contributed by atoms with Crippen LogP contribution in [0, 0.1) is 0 Å². The van der Waals surface area contributed by atoms with Crippen molar-refractivity contribution in [1.82, 2.24) is 9.62 Å². The van der Waals surface area contributed by atoms with Gasteiger partial charge in [0.25, 0.3) is 0 Å². The summed E-state index contributed by atoms with van der Waals surface area (Å²) in [4.78, 5) is 0. The van der Waals surface area contributed by atoms with Crippen molar-refractivity contribution in [3.63, 3.8) is 0 Å². The molecule has 1 fully saturated rings. The Balaban J connectivity index is 2.15. The summed E-state index contributed by atoms with van der Waals surface area (Å²) in [6.07, 6.45) is 4.40. The zero-order valence-corrected chi connectivity index (χ0v) is 11.2. The van der Waals surface area contributed by atoms with Crippen LogP contribution >= 0.6 is 0 Å². The van der Waals surface area contributed by atoms with Crippen molar-refractivity contribution in [3.8, 4) is 0 Å². The Hall–Kier alpha value is -0.130. The molecule has 16 heavy (non-hydrogen) atoms. The second-order valence-corrected chi connectivity index (χ2v) is 6.65. The minimum absolute atomic E-state index is 0.332. The van der Waals surface area contributed by atoms with Gasteiger partial charge >= 0.3 is 0 Å². The lowest BCUT2D eigenvalue weighted by Gasteiger charge is -2.17. The molecule has 4 nitrogen and oxygen atoms in total. The van der Waals surface area contributed by atoms with E-state index in [1.54, 1.807) is 4.31 Å². The van der Waals surface area contributed by atoms with E-state index >= 15 is 0 Å². The molecular weight excluding hydrogens is 224 g/mol. The van der Waals surface area contributed by atoms with Crippen LogP contribution in [0.2, 0.25) is 0 Å². The number of nitrogens with zero attached hydrogens (tertiary/aromatic N) is 1. The molecule has 1 aliphatic heterocycles. The minimum atomic E-state index is -2.91. The Labute approximate surface area is 99.5 Å². The molecule has 5 heteroatoms. The quantitative estimate of drug-likeness (QED) is 0.736. The maximum absolute atomic E-state index is 11.5. The standard InChI is InChI=1S/C11H24N2O2S/c1-3-4-6-11(2)12-7-9-13-8-5-10-16(13,14)15/h11-12H,3-10H2,1-2H3. The van der Waals surface area contributed by atoms with E-state index in [-0.39, 0.29) is 0 Å². The van der Waals surface area contributed by atoms with Gasteiger partial charge in [0, 0.05) is 25.7 Å². The monoisotopic (exact) mass is 248 g/mol. The van der Waals surface area contributed by atoms with Crippen LogP contribution in [0.25, 0.3) is 0 Å². The summed E-state index contributed by atoms with van der Waals surface area (Å²) in [5.74, 6) is 0.332.